The zero-order valence-corrected chi connectivity index (χ0v) is 13.7. The molecule has 3 rings (SSSR count). The minimum Gasteiger partial charge on any atom is -0.329 e. The summed E-state index contributed by atoms with van der Waals surface area (Å²) in [5, 5.41) is 0. The Bertz CT molecular complexity index is 667. The van der Waals surface area contributed by atoms with Gasteiger partial charge in [-0.05, 0) is 38.8 Å². The summed E-state index contributed by atoms with van der Waals surface area (Å²) in [6.45, 7) is 8.38. The molecule has 0 N–H and O–H groups in total. The summed E-state index contributed by atoms with van der Waals surface area (Å²) < 4.78 is 0. The molecule has 1 fully saturated rings. The molecule has 114 valence electrons. The molecule has 0 spiro atoms. The molecule has 1 aliphatic heterocycles. The van der Waals surface area contributed by atoms with Gasteiger partial charge in [-0.25, -0.2) is 0 Å². The molecule has 1 saturated heterocycles. The maximum absolute atomic E-state index is 12.8. The van der Waals surface area contributed by atoms with Crippen LogP contribution in [0.5, 0.6) is 0 Å². The number of carbonyl (C=O) groups excluding carboxylic acids is 1. The summed E-state index contributed by atoms with van der Waals surface area (Å²) in [7, 11) is 0. The highest BCUT2D eigenvalue weighted by atomic mass is 16.2. The lowest BCUT2D eigenvalue weighted by Gasteiger charge is -2.54. The van der Waals surface area contributed by atoms with Gasteiger partial charge >= 0.3 is 0 Å². The van der Waals surface area contributed by atoms with E-state index >= 15 is 0 Å². The molecular weight excluding hydrogens is 270 g/mol. The number of benzene rings is 2. The quantitative estimate of drug-likeness (QED) is 0.749. The first-order valence-electron chi connectivity index (χ1n) is 7.84. The average molecular weight is 293 g/mol. The Morgan fingerprint density at radius 3 is 2.00 bits per heavy atom. The van der Waals surface area contributed by atoms with Crippen LogP contribution in [0.4, 0.5) is 0 Å². The Labute approximate surface area is 132 Å². The van der Waals surface area contributed by atoms with Gasteiger partial charge in [-0.1, -0.05) is 60.2 Å². The molecule has 0 aliphatic carbocycles. The number of amides is 1. The van der Waals surface area contributed by atoms with Crippen LogP contribution in [-0.4, -0.2) is 16.3 Å². The fourth-order valence-corrected chi connectivity index (χ4v) is 3.33. The van der Waals surface area contributed by atoms with Crippen molar-refractivity contribution in [2.75, 3.05) is 0 Å². The van der Waals surface area contributed by atoms with Crippen molar-refractivity contribution in [3.05, 3.63) is 71.3 Å². The largest absolute Gasteiger partial charge is 0.329 e. The van der Waals surface area contributed by atoms with E-state index in [0.29, 0.717) is 0 Å². The zero-order valence-electron chi connectivity index (χ0n) is 13.7. The number of likely N-dealkylation sites (tertiary alicyclic amines) is 1. The molecule has 0 bridgehead atoms. The number of carbonyl (C=O) groups is 1. The molecule has 1 aliphatic rings. The number of nitrogens with zero attached hydrogens (tertiary/aromatic N) is 1. The first kappa shape index (κ1) is 14.8. The summed E-state index contributed by atoms with van der Waals surface area (Å²) in [5.74, 6) is 0.160. The summed E-state index contributed by atoms with van der Waals surface area (Å²) in [5.41, 5.74) is 3.38. The van der Waals surface area contributed by atoms with Crippen LogP contribution < -0.4 is 0 Å². The SMILES string of the molecule is Cc1ccc(C2C(=O)N(C(C)(C)C)C2c2ccccc2)cc1. The molecular formula is C20H23NO. The van der Waals surface area contributed by atoms with E-state index in [1.165, 1.54) is 11.1 Å². The summed E-state index contributed by atoms with van der Waals surface area (Å²) >= 11 is 0. The smallest absolute Gasteiger partial charge is 0.233 e. The summed E-state index contributed by atoms with van der Waals surface area (Å²) in [6, 6.07) is 18.8. The van der Waals surface area contributed by atoms with Crippen molar-refractivity contribution in [3.8, 4) is 0 Å². The second-order valence-electron chi connectivity index (χ2n) is 7.12. The van der Waals surface area contributed by atoms with E-state index in [2.05, 4.69) is 64.1 Å². The van der Waals surface area contributed by atoms with Crippen molar-refractivity contribution in [1.82, 2.24) is 4.90 Å². The summed E-state index contributed by atoms with van der Waals surface area (Å²) in [6.07, 6.45) is 0. The monoisotopic (exact) mass is 293 g/mol. The molecule has 2 aromatic rings. The Morgan fingerprint density at radius 2 is 1.45 bits per heavy atom. The van der Waals surface area contributed by atoms with Crippen LogP contribution in [0.15, 0.2) is 54.6 Å². The maximum Gasteiger partial charge on any atom is 0.233 e. The fraction of sp³-hybridized carbons (Fsp3) is 0.350. The Kier molecular flexibility index (Phi) is 3.56. The molecule has 2 unspecified atom stereocenters. The number of aryl methyl sites for hydroxylation is 1. The molecule has 1 heterocycles. The molecule has 22 heavy (non-hydrogen) atoms. The Morgan fingerprint density at radius 1 is 0.864 bits per heavy atom. The molecule has 0 saturated carbocycles. The lowest BCUT2D eigenvalue weighted by Crippen LogP contribution is -2.60. The van der Waals surface area contributed by atoms with Crippen LogP contribution in [0.2, 0.25) is 0 Å². The van der Waals surface area contributed by atoms with E-state index < -0.39 is 0 Å². The molecule has 2 heteroatoms. The van der Waals surface area contributed by atoms with Gasteiger partial charge in [-0.15, -0.1) is 0 Å². The molecule has 0 radical (unpaired) electrons. The molecule has 0 aromatic heterocycles. The van der Waals surface area contributed by atoms with E-state index in [4.69, 9.17) is 0 Å². The zero-order chi connectivity index (χ0) is 15.9. The van der Waals surface area contributed by atoms with Crippen molar-refractivity contribution in [1.29, 1.82) is 0 Å². The van der Waals surface area contributed by atoms with Crippen LogP contribution in [-0.2, 0) is 4.79 Å². The predicted octanol–water partition coefficient (Wildman–Crippen LogP) is 4.46. The number of rotatable bonds is 2. The topological polar surface area (TPSA) is 20.3 Å². The van der Waals surface area contributed by atoms with Crippen molar-refractivity contribution in [2.24, 2.45) is 0 Å². The molecule has 2 nitrogen and oxygen atoms in total. The van der Waals surface area contributed by atoms with Crippen molar-refractivity contribution >= 4 is 5.91 Å². The average Bonchev–Trinajstić information content (AvgIpc) is 2.46. The van der Waals surface area contributed by atoms with Crippen LogP contribution in [0.25, 0.3) is 0 Å². The van der Waals surface area contributed by atoms with Gasteiger partial charge in [0.25, 0.3) is 0 Å². The standard InChI is InChI=1S/C20H23NO/c1-14-10-12-15(13-11-14)17-18(16-8-6-5-7-9-16)21(19(17)22)20(2,3)4/h5-13,17-18H,1-4H3. The molecule has 1 amide bonds. The second kappa shape index (κ2) is 5.28. The number of hydrogen-bond donors (Lipinski definition) is 0. The van der Waals surface area contributed by atoms with Gasteiger partial charge in [0.15, 0.2) is 0 Å². The fourth-order valence-electron chi connectivity index (χ4n) is 3.33. The summed E-state index contributed by atoms with van der Waals surface area (Å²) in [4.78, 5) is 14.8. The van der Waals surface area contributed by atoms with E-state index in [1.807, 2.05) is 23.1 Å². The Balaban J connectivity index is 2.02. The van der Waals surface area contributed by atoms with E-state index in [0.717, 1.165) is 5.56 Å². The Hall–Kier alpha value is -2.09. The van der Waals surface area contributed by atoms with Gasteiger partial charge in [-0.3, -0.25) is 4.79 Å². The lowest BCUT2D eigenvalue weighted by atomic mass is 9.75. The highest BCUT2D eigenvalue weighted by Crippen LogP contribution is 2.49. The third kappa shape index (κ3) is 2.43. The lowest BCUT2D eigenvalue weighted by molar-refractivity contribution is -0.159. The normalized spacial score (nSPS) is 21.6. The highest BCUT2D eigenvalue weighted by Gasteiger charge is 2.52. The van der Waals surface area contributed by atoms with E-state index in [-0.39, 0.29) is 23.4 Å². The third-order valence-corrected chi connectivity index (χ3v) is 4.40. The van der Waals surface area contributed by atoms with E-state index in [9.17, 15) is 4.79 Å². The number of hydrogen-bond acceptors (Lipinski definition) is 1. The van der Waals surface area contributed by atoms with Gasteiger partial charge in [-0.2, -0.15) is 0 Å². The van der Waals surface area contributed by atoms with Crippen LogP contribution in [0.1, 0.15) is 49.4 Å². The maximum atomic E-state index is 12.8. The number of β-lactam (4-membered cyclic amide) rings is 1. The van der Waals surface area contributed by atoms with Crippen LogP contribution in [0, 0.1) is 6.92 Å². The van der Waals surface area contributed by atoms with Crippen LogP contribution in [0.3, 0.4) is 0 Å². The third-order valence-electron chi connectivity index (χ3n) is 4.40. The van der Waals surface area contributed by atoms with Gasteiger partial charge in [0.1, 0.15) is 0 Å². The first-order chi connectivity index (χ1) is 10.4. The minimum absolute atomic E-state index is 0.0674. The second-order valence-corrected chi connectivity index (χ2v) is 7.12. The van der Waals surface area contributed by atoms with Crippen molar-refractivity contribution in [3.63, 3.8) is 0 Å². The van der Waals surface area contributed by atoms with Gasteiger partial charge in [0.05, 0.1) is 12.0 Å². The van der Waals surface area contributed by atoms with Crippen molar-refractivity contribution in [2.45, 2.75) is 45.2 Å². The first-order valence-corrected chi connectivity index (χ1v) is 7.84. The van der Waals surface area contributed by atoms with Gasteiger partial charge in [0, 0.05) is 5.54 Å². The molecule has 2 aromatic carbocycles. The minimum atomic E-state index is -0.168. The van der Waals surface area contributed by atoms with Crippen LogP contribution >= 0.6 is 0 Å². The predicted molar refractivity (Wildman–Crippen MR) is 89.7 cm³/mol. The molecule has 2 atom stereocenters. The van der Waals surface area contributed by atoms with Gasteiger partial charge < -0.3 is 4.90 Å². The van der Waals surface area contributed by atoms with Crippen molar-refractivity contribution < 1.29 is 4.79 Å². The highest BCUT2D eigenvalue weighted by molar-refractivity contribution is 5.92. The van der Waals surface area contributed by atoms with Gasteiger partial charge in [0.2, 0.25) is 5.91 Å². The van der Waals surface area contributed by atoms with E-state index in [1.54, 1.807) is 0 Å².